The van der Waals surface area contributed by atoms with Crippen LogP contribution in [-0.2, 0) is 0 Å². The van der Waals surface area contributed by atoms with Crippen molar-refractivity contribution in [1.82, 2.24) is 10.2 Å². The minimum atomic E-state index is 0.776. The highest BCUT2D eigenvalue weighted by atomic mass is 15.2. The lowest BCUT2D eigenvalue weighted by atomic mass is 9.99. The second-order valence-electron chi connectivity index (χ2n) is 6.38. The van der Waals surface area contributed by atoms with Crippen molar-refractivity contribution in [3.63, 3.8) is 0 Å². The van der Waals surface area contributed by atoms with Gasteiger partial charge in [-0.15, -0.1) is 0 Å². The Morgan fingerprint density at radius 2 is 1.76 bits per heavy atom. The molecule has 1 aliphatic heterocycles. The van der Waals surface area contributed by atoms with Crippen molar-refractivity contribution in [1.29, 1.82) is 0 Å². The van der Waals surface area contributed by atoms with E-state index < -0.39 is 0 Å². The van der Waals surface area contributed by atoms with E-state index in [0.717, 1.165) is 18.0 Å². The van der Waals surface area contributed by atoms with E-state index in [9.17, 15) is 0 Å². The number of rotatable bonds is 5. The molecule has 0 aromatic rings. The summed E-state index contributed by atoms with van der Waals surface area (Å²) in [6, 6.07) is 1.74. The smallest absolute Gasteiger partial charge is 0.0223 e. The Hall–Kier alpha value is -0.0800. The molecule has 2 rings (SSSR count). The van der Waals surface area contributed by atoms with Crippen LogP contribution in [0, 0.1) is 5.92 Å². The maximum Gasteiger partial charge on any atom is 0.0223 e. The molecule has 0 spiro atoms. The van der Waals surface area contributed by atoms with Crippen LogP contribution in [0.3, 0.4) is 0 Å². The third-order valence-corrected chi connectivity index (χ3v) is 4.40. The van der Waals surface area contributed by atoms with Gasteiger partial charge in [0.15, 0.2) is 0 Å². The van der Waals surface area contributed by atoms with Crippen LogP contribution in [0.15, 0.2) is 0 Å². The largest absolute Gasteiger partial charge is 0.315 e. The Labute approximate surface area is 107 Å². The maximum absolute atomic E-state index is 3.67. The number of hydrogen-bond donors (Lipinski definition) is 1. The maximum atomic E-state index is 3.67. The topological polar surface area (TPSA) is 15.3 Å². The first-order valence-electron chi connectivity index (χ1n) is 7.74. The Kier molecular flexibility index (Phi) is 5.30. The summed E-state index contributed by atoms with van der Waals surface area (Å²) in [5.41, 5.74) is 0. The zero-order valence-corrected chi connectivity index (χ0v) is 11.8. The average molecular weight is 238 g/mol. The van der Waals surface area contributed by atoms with Crippen LogP contribution >= 0.6 is 0 Å². The Bertz CT molecular complexity index is 209. The van der Waals surface area contributed by atoms with Gasteiger partial charge in [-0.1, -0.05) is 33.1 Å². The molecule has 0 aromatic heterocycles. The Morgan fingerprint density at radius 1 is 1.06 bits per heavy atom. The molecule has 2 heteroatoms. The van der Waals surface area contributed by atoms with Gasteiger partial charge in [0, 0.05) is 18.6 Å². The summed E-state index contributed by atoms with van der Waals surface area (Å²) in [5, 5.41) is 3.67. The normalized spacial score (nSPS) is 28.1. The molecule has 2 aliphatic rings. The molecule has 1 N–H and O–H groups in total. The van der Waals surface area contributed by atoms with Crippen molar-refractivity contribution in [2.45, 2.75) is 70.9 Å². The van der Waals surface area contributed by atoms with E-state index in [-0.39, 0.29) is 0 Å². The van der Waals surface area contributed by atoms with Gasteiger partial charge in [-0.3, -0.25) is 4.90 Å². The molecule has 100 valence electrons. The first-order chi connectivity index (χ1) is 8.27. The fourth-order valence-corrected chi connectivity index (χ4v) is 3.50. The Morgan fingerprint density at radius 3 is 2.47 bits per heavy atom. The van der Waals surface area contributed by atoms with Crippen molar-refractivity contribution in [3.05, 3.63) is 0 Å². The van der Waals surface area contributed by atoms with Gasteiger partial charge >= 0.3 is 0 Å². The predicted molar refractivity (Wildman–Crippen MR) is 74.3 cm³/mol. The summed E-state index contributed by atoms with van der Waals surface area (Å²) in [7, 11) is 0. The third kappa shape index (κ3) is 3.96. The third-order valence-electron chi connectivity index (χ3n) is 4.40. The number of piperidine rings is 1. The second-order valence-corrected chi connectivity index (χ2v) is 6.38. The zero-order valence-electron chi connectivity index (χ0n) is 11.8. The van der Waals surface area contributed by atoms with Gasteiger partial charge in [0.1, 0.15) is 0 Å². The van der Waals surface area contributed by atoms with Gasteiger partial charge in [0.05, 0.1) is 0 Å². The van der Waals surface area contributed by atoms with Gasteiger partial charge in [0.2, 0.25) is 0 Å². The number of nitrogens with one attached hydrogen (secondary N) is 1. The van der Waals surface area contributed by atoms with E-state index in [2.05, 4.69) is 24.1 Å². The molecule has 2 nitrogen and oxygen atoms in total. The average Bonchev–Trinajstić information content (AvgIpc) is 2.82. The van der Waals surface area contributed by atoms with Crippen molar-refractivity contribution in [3.8, 4) is 0 Å². The second kappa shape index (κ2) is 6.75. The number of nitrogens with zero attached hydrogens (tertiary/aromatic N) is 1. The lowest BCUT2D eigenvalue weighted by Gasteiger charge is -2.40. The molecule has 1 saturated carbocycles. The molecular formula is C15H30N2. The molecule has 1 saturated heterocycles. The van der Waals surface area contributed by atoms with E-state index in [0.29, 0.717) is 0 Å². The van der Waals surface area contributed by atoms with Gasteiger partial charge in [0.25, 0.3) is 0 Å². The molecule has 0 amide bonds. The minimum Gasteiger partial charge on any atom is -0.315 e. The van der Waals surface area contributed by atoms with E-state index >= 15 is 0 Å². The molecule has 1 atom stereocenters. The molecule has 0 aromatic carbocycles. The van der Waals surface area contributed by atoms with E-state index in [1.165, 1.54) is 64.6 Å². The van der Waals surface area contributed by atoms with Crippen LogP contribution in [-0.4, -0.2) is 36.6 Å². The number of hydrogen-bond acceptors (Lipinski definition) is 2. The molecule has 0 bridgehead atoms. The number of likely N-dealkylation sites (tertiary alicyclic amines) is 1. The van der Waals surface area contributed by atoms with Crippen LogP contribution in [0.2, 0.25) is 0 Å². The fraction of sp³-hybridized carbons (Fsp3) is 1.00. The molecule has 17 heavy (non-hydrogen) atoms. The van der Waals surface area contributed by atoms with Gasteiger partial charge < -0.3 is 5.32 Å². The quantitative estimate of drug-likeness (QED) is 0.792. The first-order valence-corrected chi connectivity index (χ1v) is 7.74. The highest BCUT2D eigenvalue weighted by Gasteiger charge is 2.30. The SMILES string of the molecule is CC(C)CNCC1CCCCN1C1CCCC1. The predicted octanol–water partition coefficient (Wildman–Crippen LogP) is 3.03. The molecule has 1 unspecified atom stereocenters. The Balaban J connectivity index is 1.79. The summed E-state index contributed by atoms with van der Waals surface area (Å²) in [5.74, 6) is 0.776. The van der Waals surface area contributed by atoms with Crippen molar-refractivity contribution in [2.75, 3.05) is 19.6 Å². The summed E-state index contributed by atoms with van der Waals surface area (Å²) in [6.07, 6.45) is 10.1. The lowest BCUT2D eigenvalue weighted by molar-refractivity contribution is 0.0955. The van der Waals surface area contributed by atoms with E-state index in [1.54, 1.807) is 0 Å². The summed E-state index contributed by atoms with van der Waals surface area (Å²) in [6.45, 7) is 8.34. The molecule has 1 heterocycles. The summed E-state index contributed by atoms with van der Waals surface area (Å²) < 4.78 is 0. The van der Waals surface area contributed by atoms with Crippen LogP contribution in [0.4, 0.5) is 0 Å². The lowest BCUT2D eigenvalue weighted by Crippen LogP contribution is -2.50. The molecular weight excluding hydrogens is 208 g/mol. The molecule has 1 aliphatic carbocycles. The van der Waals surface area contributed by atoms with Gasteiger partial charge in [-0.25, -0.2) is 0 Å². The van der Waals surface area contributed by atoms with Gasteiger partial charge in [-0.2, -0.15) is 0 Å². The van der Waals surface area contributed by atoms with Crippen molar-refractivity contribution >= 4 is 0 Å². The van der Waals surface area contributed by atoms with Crippen LogP contribution in [0.5, 0.6) is 0 Å². The summed E-state index contributed by atoms with van der Waals surface area (Å²) in [4.78, 5) is 2.84. The zero-order chi connectivity index (χ0) is 12.1. The van der Waals surface area contributed by atoms with Crippen LogP contribution < -0.4 is 5.32 Å². The van der Waals surface area contributed by atoms with Gasteiger partial charge in [-0.05, 0) is 44.7 Å². The van der Waals surface area contributed by atoms with Crippen LogP contribution in [0.1, 0.15) is 58.8 Å². The molecule has 0 radical (unpaired) electrons. The standard InChI is InChI=1S/C15H30N2/c1-13(2)11-16-12-15-9-5-6-10-17(15)14-7-3-4-8-14/h13-16H,3-12H2,1-2H3. The fourth-order valence-electron chi connectivity index (χ4n) is 3.50. The van der Waals surface area contributed by atoms with Crippen LogP contribution in [0.25, 0.3) is 0 Å². The summed E-state index contributed by atoms with van der Waals surface area (Å²) >= 11 is 0. The minimum absolute atomic E-state index is 0.776. The molecule has 2 fully saturated rings. The monoisotopic (exact) mass is 238 g/mol. The first kappa shape index (κ1) is 13.4. The highest BCUT2D eigenvalue weighted by Crippen LogP contribution is 2.29. The van der Waals surface area contributed by atoms with Crippen molar-refractivity contribution in [2.24, 2.45) is 5.92 Å². The highest BCUT2D eigenvalue weighted by molar-refractivity contribution is 4.86. The van der Waals surface area contributed by atoms with Crippen molar-refractivity contribution < 1.29 is 0 Å². The van der Waals surface area contributed by atoms with E-state index in [4.69, 9.17) is 0 Å². The van der Waals surface area contributed by atoms with E-state index in [1.807, 2.05) is 0 Å².